The fourth-order valence-corrected chi connectivity index (χ4v) is 1.75. The Labute approximate surface area is 101 Å². The Bertz CT molecular complexity index is 472. The largest absolute Gasteiger partial charge is 0.250 e. The molecule has 0 unspecified atom stereocenters. The molecule has 76 valence electrons. The van der Waals surface area contributed by atoms with Gasteiger partial charge < -0.3 is 0 Å². The summed E-state index contributed by atoms with van der Waals surface area (Å²) in [6.45, 7) is 0. The standard InChI is InChI=1S/C10H9IN4/c11-8-5-12-10(13-6-8)15-4-3-9(14-15)7-1-2-7/h3-7H,1-2H2. The van der Waals surface area contributed by atoms with E-state index in [1.165, 1.54) is 12.8 Å². The van der Waals surface area contributed by atoms with Crippen LogP contribution in [0.15, 0.2) is 24.7 Å². The van der Waals surface area contributed by atoms with Gasteiger partial charge in [0.05, 0.1) is 5.69 Å². The highest BCUT2D eigenvalue weighted by atomic mass is 127. The van der Waals surface area contributed by atoms with Gasteiger partial charge in [0.1, 0.15) is 0 Å². The van der Waals surface area contributed by atoms with Crippen molar-refractivity contribution in [3.63, 3.8) is 0 Å². The van der Waals surface area contributed by atoms with Crippen molar-refractivity contribution in [1.29, 1.82) is 0 Å². The quantitative estimate of drug-likeness (QED) is 0.798. The van der Waals surface area contributed by atoms with Crippen LogP contribution in [0.5, 0.6) is 0 Å². The first-order chi connectivity index (χ1) is 7.33. The zero-order valence-corrected chi connectivity index (χ0v) is 10.1. The van der Waals surface area contributed by atoms with Crippen LogP contribution in [0.3, 0.4) is 0 Å². The smallest absolute Gasteiger partial charge is 0.219 e. The lowest BCUT2D eigenvalue weighted by atomic mass is 10.3. The monoisotopic (exact) mass is 312 g/mol. The van der Waals surface area contributed by atoms with Crippen molar-refractivity contribution in [2.75, 3.05) is 0 Å². The maximum Gasteiger partial charge on any atom is 0.250 e. The topological polar surface area (TPSA) is 43.6 Å². The lowest BCUT2D eigenvalue weighted by Crippen LogP contribution is -2.01. The molecule has 0 N–H and O–H groups in total. The van der Waals surface area contributed by atoms with Gasteiger partial charge in [-0.2, -0.15) is 5.10 Å². The number of nitrogens with zero attached hydrogens (tertiary/aromatic N) is 4. The average Bonchev–Trinajstić information content (AvgIpc) is 2.99. The molecule has 15 heavy (non-hydrogen) atoms. The summed E-state index contributed by atoms with van der Waals surface area (Å²) in [6.07, 6.45) is 8.05. The molecule has 0 atom stereocenters. The van der Waals surface area contributed by atoms with E-state index < -0.39 is 0 Å². The van der Waals surface area contributed by atoms with E-state index in [1.807, 2.05) is 6.20 Å². The Morgan fingerprint density at radius 2 is 2.00 bits per heavy atom. The average molecular weight is 312 g/mol. The number of rotatable bonds is 2. The van der Waals surface area contributed by atoms with Crippen LogP contribution in [0.4, 0.5) is 0 Å². The summed E-state index contributed by atoms with van der Waals surface area (Å²) in [7, 11) is 0. The Kier molecular flexibility index (Phi) is 2.19. The summed E-state index contributed by atoms with van der Waals surface area (Å²) in [5, 5.41) is 4.46. The third-order valence-electron chi connectivity index (χ3n) is 2.42. The molecule has 0 saturated heterocycles. The van der Waals surface area contributed by atoms with E-state index in [9.17, 15) is 0 Å². The first kappa shape index (κ1) is 9.26. The predicted octanol–water partition coefficient (Wildman–Crippen LogP) is 2.14. The van der Waals surface area contributed by atoms with Crippen LogP contribution in [0.2, 0.25) is 0 Å². The molecular formula is C10H9IN4. The maximum absolute atomic E-state index is 4.46. The van der Waals surface area contributed by atoms with Gasteiger partial charge in [-0.3, -0.25) is 0 Å². The molecule has 4 nitrogen and oxygen atoms in total. The van der Waals surface area contributed by atoms with Gasteiger partial charge in [-0.25, -0.2) is 14.6 Å². The highest BCUT2D eigenvalue weighted by molar-refractivity contribution is 14.1. The minimum absolute atomic E-state index is 0.641. The molecule has 0 bridgehead atoms. The molecule has 5 heteroatoms. The van der Waals surface area contributed by atoms with Crippen molar-refractivity contribution in [3.05, 3.63) is 33.9 Å². The van der Waals surface area contributed by atoms with Gasteiger partial charge in [-0.05, 0) is 41.5 Å². The molecule has 2 heterocycles. The third-order valence-corrected chi connectivity index (χ3v) is 2.97. The fraction of sp³-hybridized carbons (Fsp3) is 0.300. The number of hydrogen-bond donors (Lipinski definition) is 0. The van der Waals surface area contributed by atoms with Crippen LogP contribution >= 0.6 is 22.6 Å². The molecule has 1 saturated carbocycles. The zero-order chi connectivity index (χ0) is 10.3. The third kappa shape index (κ3) is 1.88. The molecule has 2 aromatic heterocycles. The summed E-state index contributed by atoms with van der Waals surface area (Å²) in [4.78, 5) is 8.45. The maximum atomic E-state index is 4.46. The van der Waals surface area contributed by atoms with Gasteiger partial charge in [0.2, 0.25) is 5.95 Å². The normalized spacial score (nSPS) is 15.5. The molecule has 3 rings (SSSR count). The van der Waals surface area contributed by atoms with Crippen LogP contribution in [0.1, 0.15) is 24.5 Å². The summed E-state index contributed by atoms with van der Waals surface area (Å²) in [5.74, 6) is 1.32. The Hall–Kier alpha value is -0.980. The molecule has 1 fully saturated rings. The van der Waals surface area contributed by atoms with Crippen molar-refractivity contribution < 1.29 is 0 Å². The fourth-order valence-electron chi connectivity index (χ4n) is 1.47. The molecule has 2 aromatic rings. The first-order valence-electron chi connectivity index (χ1n) is 4.86. The second kappa shape index (κ2) is 3.55. The lowest BCUT2D eigenvalue weighted by Gasteiger charge is -1.97. The highest BCUT2D eigenvalue weighted by Gasteiger charge is 2.26. The van der Waals surface area contributed by atoms with Gasteiger partial charge in [0, 0.05) is 28.1 Å². The van der Waals surface area contributed by atoms with E-state index in [-0.39, 0.29) is 0 Å². The van der Waals surface area contributed by atoms with Crippen molar-refractivity contribution in [2.45, 2.75) is 18.8 Å². The number of aromatic nitrogens is 4. The SMILES string of the molecule is Ic1cnc(-n2ccc(C3CC3)n2)nc1. The van der Waals surface area contributed by atoms with Gasteiger partial charge >= 0.3 is 0 Å². The van der Waals surface area contributed by atoms with Crippen LogP contribution in [0, 0.1) is 3.57 Å². The molecule has 0 aromatic carbocycles. The summed E-state index contributed by atoms with van der Waals surface area (Å²) in [6, 6.07) is 2.05. The summed E-state index contributed by atoms with van der Waals surface area (Å²) >= 11 is 2.19. The van der Waals surface area contributed by atoms with Crippen LogP contribution in [-0.4, -0.2) is 19.7 Å². The van der Waals surface area contributed by atoms with Crippen LogP contribution in [-0.2, 0) is 0 Å². The van der Waals surface area contributed by atoms with E-state index >= 15 is 0 Å². The highest BCUT2D eigenvalue weighted by Crippen LogP contribution is 2.38. The zero-order valence-electron chi connectivity index (χ0n) is 7.97. The van der Waals surface area contributed by atoms with Gasteiger partial charge in [-0.1, -0.05) is 0 Å². The Morgan fingerprint density at radius 3 is 2.67 bits per heavy atom. The van der Waals surface area contributed by atoms with E-state index in [1.54, 1.807) is 17.1 Å². The Morgan fingerprint density at radius 1 is 1.27 bits per heavy atom. The minimum atomic E-state index is 0.641. The summed E-state index contributed by atoms with van der Waals surface area (Å²) < 4.78 is 2.77. The van der Waals surface area contributed by atoms with E-state index in [0.29, 0.717) is 11.9 Å². The second-order valence-corrected chi connectivity index (χ2v) is 4.91. The molecule has 1 aliphatic carbocycles. The molecular weight excluding hydrogens is 303 g/mol. The van der Waals surface area contributed by atoms with Crippen molar-refractivity contribution in [2.24, 2.45) is 0 Å². The summed E-state index contributed by atoms with van der Waals surface area (Å²) in [5.41, 5.74) is 1.16. The second-order valence-electron chi connectivity index (χ2n) is 3.66. The van der Waals surface area contributed by atoms with Gasteiger partial charge in [0.25, 0.3) is 0 Å². The molecule has 0 amide bonds. The van der Waals surface area contributed by atoms with E-state index in [2.05, 4.69) is 43.7 Å². The van der Waals surface area contributed by atoms with E-state index in [4.69, 9.17) is 0 Å². The molecule has 0 spiro atoms. The van der Waals surface area contributed by atoms with Crippen LogP contribution in [0.25, 0.3) is 5.95 Å². The predicted molar refractivity (Wildman–Crippen MR) is 63.8 cm³/mol. The van der Waals surface area contributed by atoms with Gasteiger partial charge in [0.15, 0.2) is 0 Å². The lowest BCUT2D eigenvalue weighted by molar-refractivity contribution is 0.781. The van der Waals surface area contributed by atoms with Gasteiger partial charge in [-0.15, -0.1) is 0 Å². The Balaban J connectivity index is 1.93. The van der Waals surface area contributed by atoms with Crippen LogP contribution < -0.4 is 0 Å². The number of hydrogen-bond acceptors (Lipinski definition) is 3. The molecule has 0 aliphatic heterocycles. The van der Waals surface area contributed by atoms with E-state index in [0.717, 1.165) is 9.26 Å². The number of halogens is 1. The van der Waals surface area contributed by atoms with Crippen molar-refractivity contribution in [1.82, 2.24) is 19.7 Å². The first-order valence-corrected chi connectivity index (χ1v) is 5.94. The van der Waals surface area contributed by atoms with Crippen molar-refractivity contribution >= 4 is 22.6 Å². The van der Waals surface area contributed by atoms with Crippen molar-refractivity contribution in [3.8, 4) is 5.95 Å². The minimum Gasteiger partial charge on any atom is -0.219 e. The molecule has 0 radical (unpaired) electrons. The molecule has 1 aliphatic rings.